The van der Waals surface area contributed by atoms with Gasteiger partial charge >= 0.3 is 5.97 Å². The molecule has 2 bridgehead atoms. The van der Waals surface area contributed by atoms with Crippen LogP contribution in [0.15, 0.2) is 40.9 Å². The van der Waals surface area contributed by atoms with Crippen molar-refractivity contribution in [3.8, 4) is 11.3 Å². The largest absolute Gasteiger partial charge is 0.464 e. The Hall–Kier alpha value is -3.26. The first-order valence-corrected chi connectivity index (χ1v) is 12.5. The number of methoxy groups -OCH3 is 1. The predicted molar refractivity (Wildman–Crippen MR) is 129 cm³/mol. The normalized spacial score (nSPS) is 23.5. The van der Waals surface area contributed by atoms with Crippen LogP contribution in [0.5, 0.6) is 0 Å². The molecule has 1 aromatic carbocycles. The van der Waals surface area contributed by atoms with Crippen LogP contribution in [0.1, 0.15) is 71.8 Å². The van der Waals surface area contributed by atoms with Crippen molar-refractivity contribution in [1.29, 1.82) is 0 Å². The molecule has 8 nitrogen and oxygen atoms in total. The minimum atomic E-state index is -0.469. The maximum Gasteiger partial charge on any atom is 0.358 e. The molecule has 35 heavy (non-hydrogen) atoms. The minimum Gasteiger partial charge on any atom is -0.464 e. The lowest BCUT2D eigenvalue weighted by Crippen LogP contribution is -2.46. The standard InChI is InChI=1S/C27H30N4O4/c1-16-5-3-4-6-21(16)25-22(26(35-30-25)17-7-8-17)15-34-20-13-18-9-10-19(14-20)31(18)24-12-11-23(28-29-24)27(32)33-2/h3-6,11-12,17-20H,7-10,13-15H2,1-2H3/t18-,19?,20?/m0/s1. The van der Waals surface area contributed by atoms with Gasteiger partial charge in [-0.2, -0.15) is 0 Å². The van der Waals surface area contributed by atoms with Crippen LogP contribution in [0.25, 0.3) is 11.3 Å². The summed E-state index contributed by atoms with van der Waals surface area (Å²) in [5.74, 6) is 1.83. The number of aromatic nitrogens is 3. The summed E-state index contributed by atoms with van der Waals surface area (Å²) in [7, 11) is 1.35. The maximum absolute atomic E-state index is 11.7. The molecule has 2 saturated heterocycles. The first kappa shape index (κ1) is 22.2. The molecular formula is C27H30N4O4. The number of hydrogen-bond acceptors (Lipinski definition) is 8. The average Bonchev–Trinajstić information content (AvgIpc) is 3.59. The van der Waals surface area contributed by atoms with Crippen molar-refractivity contribution in [2.24, 2.45) is 0 Å². The Bertz CT molecular complexity index is 1210. The number of anilines is 1. The Balaban J connectivity index is 1.16. The molecular weight excluding hydrogens is 444 g/mol. The van der Waals surface area contributed by atoms with Gasteiger partial charge in [-0.15, -0.1) is 10.2 Å². The van der Waals surface area contributed by atoms with E-state index in [4.69, 9.17) is 14.0 Å². The van der Waals surface area contributed by atoms with Gasteiger partial charge in [-0.1, -0.05) is 29.4 Å². The molecule has 0 radical (unpaired) electrons. The monoisotopic (exact) mass is 474 g/mol. The summed E-state index contributed by atoms with van der Waals surface area (Å²) in [6.07, 6.45) is 6.61. The highest BCUT2D eigenvalue weighted by Crippen LogP contribution is 2.45. The molecule has 182 valence electrons. The third-order valence-electron chi connectivity index (χ3n) is 7.63. The molecule has 0 amide bonds. The summed E-state index contributed by atoms with van der Waals surface area (Å²) in [5.41, 5.74) is 4.57. The number of nitrogens with zero attached hydrogens (tertiary/aromatic N) is 4. The van der Waals surface area contributed by atoms with Gasteiger partial charge in [0.15, 0.2) is 11.5 Å². The van der Waals surface area contributed by atoms with Gasteiger partial charge in [-0.3, -0.25) is 0 Å². The van der Waals surface area contributed by atoms with Gasteiger partial charge in [0.1, 0.15) is 11.5 Å². The first-order chi connectivity index (χ1) is 17.1. The van der Waals surface area contributed by atoms with Crippen LogP contribution in [0.3, 0.4) is 0 Å². The lowest BCUT2D eigenvalue weighted by molar-refractivity contribution is 0.0145. The Morgan fingerprint density at radius 3 is 2.49 bits per heavy atom. The third kappa shape index (κ3) is 4.20. The second kappa shape index (κ2) is 9.07. The summed E-state index contributed by atoms with van der Waals surface area (Å²) >= 11 is 0. The van der Waals surface area contributed by atoms with Crippen molar-refractivity contribution in [3.05, 3.63) is 59.0 Å². The molecule has 3 atom stereocenters. The summed E-state index contributed by atoms with van der Waals surface area (Å²) in [4.78, 5) is 14.1. The minimum absolute atomic E-state index is 0.178. The second-order valence-corrected chi connectivity index (χ2v) is 9.93. The number of carbonyl (C=O) groups excluding carboxylic acids is 1. The van der Waals surface area contributed by atoms with E-state index in [-0.39, 0.29) is 11.8 Å². The smallest absolute Gasteiger partial charge is 0.358 e. The number of benzene rings is 1. The fourth-order valence-corrected chi connectivity index (χ4v) is 5.69. The zero-order valence-electron chi connectivity index (χ0n) is 20.1. The SMILES string of the molecule is COC(=O)c1ccc(N2C3CC[C@H]2CC(OCc2c(-c4ccccc4C)noc2C2CC2)C3)nn1. The summed E-state index contributed by atoms with van der Waals surface area (Å²) < 4.78 is 17.1. The first-order valence-electron chi connectivity index (χ1n) is 12.5. The van der Waals surface area contributed by atoms with Crippen LogP contribution in [-0.4, -0.2) is 46.6 Å². The van der Waals surface area contributed by atoms with E-state index in [0.29, 0.717) is 24.6 Å². The van der Waals surface area contributed by atoms with Crippen LogP contribution in [-0.2, 0) is 16.1 Å². The van der Waals surface area contributed by atoms with E-state index in [1.54, 1.807) is 6.07 Å². The van der Waals surface area contributed by atoms with E-state index in [0.717, 1.165) is 66.9 Å². The molecule has 8 heteroatoms. The predicted octanol–water partition coefficient (Wildman–Crippen LogP) is 4.82. The van der Waals surface area contributed by atoms with Crippen molar-refractivity contribution in [2.75, 3.05) is 12.0 Å². The van der Waals surface area contributed by atoms with Crippen LogP contribution >= 0.6 is 0 Å². The van der Waals surface area contributed by atoms with E-state index in [1.807, 2.05) is 18.2 Å². The summed E-state index contributed by atoms with van der Waals surface area (Å²) in [5, 5.41) is 12.9. The second-order valence-electron chi connectivity index (χ2n) is 9.93. The molecule has 3 aromatic rings. The van der Waals surface area contributed by atoms with E-state index in [1.165, 1.54) is 12.7 Å². The topological polar surface area (TPSA) is 90.6 Å². The summed E-state index contributed by atoms with van der Waals surface area (Å²) in [6, 6.07) is 12.6. The Labute approximate surface area is 204 Å². The lowest BCUT2D eigenvalue weighted by atomic mass is 9.98. The van der Waals surface area contributed by atoms with Gasteiger partial charge in [0.05, 0.1) is 19.8 Å². The maximum atomic E-state index is 11.7. The number of fused-ring (bicyclic) bond motifs is 2. The number of esters is 1. The van der Waals surface area contributed by atoms with Gasteiger partial charge in [0, 0.05) is 29.1 Å². The van der Waals surface area contributed by atoms with Crippen molar-refractivity contribution >= 4 is 11.8 Å². The fraction of sp³-hybridized carbons (Fsp3) is 0.481. The molecule has 1 saturated carbocycles. The number of aryl methyl sites for hydroxylation is 1. The molecule has 1 aliphatic carbocycles. The van der Waals surface area contributed by atoms with Crippen molar-refractivity contribution in [2.45, 2.75) is 76.2 Å². The van der Waals surface area contributed by atoms with Crippen molar-refractivity contribution < 1.29 is 18.8 Å². The van der Waals surface area contributed by atoms with Crippen molar-refractivity contribution in [1.82, 2.24) is 15.4 Å². The zero-order valence-corrected chi connectivity index (χ0v) is 20.1. The van der Waals surface area contributed by atoms with E-state index < -0.39 is 5.97 Å². The molecule has 2 unspecified atom stereocenters. The molecule has 0 spiro atoms. The van der Waals surface area contributed by atoms with E-state index in [9.17, 15) is 4.79 Å². The van der Waals surface area contributed by atoms with E-state index >= 15 is 0 Å². The number of carbonyl (C=O) groups is 1. The van der Waals surface area contributed by atoms with Crippen molar-refractivity contribution in [3.63, 3.8) is 0 Å². The Morgan fingerprint density at radius 1 is 1.06 bits per heavy atom. The van der Waals surface area contributed by atoms with Gasteiger partial charge in [-0.05, 0) is 63.1 Å². The molecule has 4 heterocycles. The lowest BCUT2D eigenvalue weighted by Gasteiger charge is -2.39. The number of piperidine rings is 1. The molecule has 2 aliphatic heterocycles. The zero-order chi connectivity index (χ0) is 23.9. The molecule has 3 fully saturated rings. The molecule has 3 aliphatic rings. The van der Waals surface area contributed by atoms with Gasteiger partial charge < -0.3 is 18.9 Å². The Morgan fingerprint density at radius 2 is 1.83 bits per heavy atom. The van der Waals surface area contributed by atoms with Crippen LogP contribution in [0.4, 0.5) is 5.82 Å². The third-order valence-corrected chi connectivity index (χ3v) is 7.63. The molecule has 0 N–H and O–H groups in total. The number of rotatable bonds is 7. The van der Waals surface area contributed by atoms with Crippen LogP contribution in [0.2, 0.25) is 0 Å². The highest BCUT2D eigenvalue weighted by molar-refractivity contribution is 5.87. The van der Waals surface area contributed by atoms with Crippen LogP contribution in [0, 0.1) is 6.92 Å². The number of ether oxygens (including phenoxy) is 2. The van der Waals surface area contributed by atoms with Gasteiger partial charge in [0.2, 0.25) is 0 Å². The van der Waals surface area contributed by atoms with Crippen LogP contribution < -0.4 is 4.90 Å². The van der Waals surface area contributed by atoms with Gasteiger partial charge in [0.25, 0.3) is 0 Å². The number of hydrogen-bond donors (Lipinski definition) is 0. The fourth-order valence-electron chi connectivity index (χ4n) is 5.69. The highest BCUT2D eigenvalue weighted by Gasteiger charge is 2.42. The highest BCUT2D eigenvalue weighted by atomic mass is 16.5. The van der Waals surface area contributed by atoms with Gasteiger partial charge in [-0.25, -0.2) is 4.79 Å². The molecule has 6 rings (SSSR count). The Kier molecular flexibility index (Phi) is 5.76. The molecule has 2 aromatic heterocycles. The summed E-state index contributed by atoms with van der Waals surface area (Å²) in [6.45, 7) is 2.64. The average molecular weight is 475 g/mol. The quantitative estimate of drug-likeness (QED) is 0.450. The van der Waals surface area contributed by atoms with E-state index in [2.05, 4.69) is 39.3 Å².